The van der Waals surface area contributed by atoms with Crippen LogP contribution in [0.4, 0.5) is 0 Å². The zero-order chi connectivity index (χ0) is 13.9. The first-order chi connectivity index (χ1) is 9.22. The molecule has 128 valence electrons. The molecule has 0 atom stereocenters. The lowest BCUT2D eigenvalue weighted by Crippen LogP contribution is -2.34. The van der Waals surface area contributed by atoms with Crippen molar-refractivity contribution in [1.29, 1.82) is 0 Å². The second-order valence-electron chi connectivity index (χ2n) is 5.38. The third-order valence-electron chi connectivity index (χ3n) is 3.73. The average Bonchev–Trinajstić information content (AvgIpc) is 2.44. The van der Waals surface area contributed by atoms with Crippen molar-refractivity contribution in [2.45, 2.75) is 25.7 Å². The van der Waals surface area contributed by atoms with Gasteiger partial charge in [0.2, 0.25) is 5.91 Å². The van der Waals surface area contributed by atoms with Gasteiger partial charge in [0.15, 0.2) is 0 Å². The van der Waals surface area contributed by atoms with Gasteiger partial charge >= 0.3 is 0 Å². The Labute approximate surface area is 141 Å². The van der Waals surface area contributed by atoms with Gasteiger partial charge in [-0.15, -0.1) is 24.8 Å². The minimum absolute atomic E-state index is 0. The predicted molar refractivity (Wildman–Crippen MR) is 91.7 cm³/mol. The van der Waals surface area contributed by atoms with Crippen LogP contribution in [0.25, 0.3) is 0 Å². The van der Waals surface area contributed by atoms with E-state index < -0.39 is 0 Å². The van der Waals surface area contributed by atoms with E-state index in [1.54, 1.807) is 7.11 Å². The van der Waals surface area contributed by atoms with Crippen molar-refractivity contribution in [2.75, 3.05) is 53.5 Å². The highest BCUT2D eigenvalue weighted by atomic mass is 35.5. The minimum Gasteiger partial charge on any atom is -0.383 e. The zero-order valence-corrected chi connectivity index (χ0v) is 14.9. The van der Waals surface area contributed by atoms with Gasteiger partial charge in [-0.05, 0) is 45.3 Å². The van der Waals surface area contributed by atoms with Crippen LogP contribution in [0.2, 0.25) is 0 Å². The van der Waals surface area contributed by atoms with Gasteiger partial charge in [-0.1, -0.05) is 0 Å². The van der Waals surface area contributed by atoms with Crippen molar-refractivity contribution in [3.63, 3.8) is 0 Å². The second kappa shape index (κ2) is 14.9. The number of halogens is 2. The van der Waals surface area contributed by atoms with Crippen LogP contribution in [0.1, 0.15) is 25.7 Å². The monoisotopic (exact) mass is 343 g/mol. The minimum atomic E-state index is 0. The number of ether oxygens (including phenoxy) is 1. The van der Waals surface area contributed by atoms with Gasteiger partial charge in [0.05, 0.1) is 6.61 Å². The number of carbonyl (C=O) groups is 1. The number of nitrogens with one attached hydrogen (secondary N) is 2. The largest absolute Gasteiger partial charge is 0.383 e. The lowest BCUT2D eigenvalue weighted by molar-refractivity contribution is -0.121. The lowest BCUT2D eigenvalue weighted by atomic mass is 9.93. The van der Waals surface area contributed by atoms with Gasteiger partial charge in [0.25, 0.3) is 0 Å². The van der Waals surface area contributed by atoms with E-state index in [9.17, 15) is 4.79 Å². The zero-order valence-electron chi connectivity index (χ0n) is 13.2. The molecule has 1 aliphatic heterocycles. The fraction of sp³-hybridized carbons (Fsp3) is 0.929. The maximum absolute atomic E-state index is 11.7. The van der Waals surface area contributed by atoms with Crippen molar-refractivity contribution in [3.05, 3.63) is 0 Å². The number of piperidine rings is 1. The molecule has 0 spiro atoms. The molecular formula is C14H31Cl2N3O2. The summed E-state index contributed by atoms with van der Waals surface area (Å²) in [7, 11) is 3.75. The van der Waals surface area contributed by atoms with Crippen molar-refractivity contribution in [2.24, 2.45) is 5.92 Å². The highest BCUT2D eigenvalue weighted by Gasteiger charge is 2.14. The number of carbonyl (C=O) groups excluding carboxylic acids is 1. The number of amides is 1. The molecule has 0 aliphatic carbocycles. The van der Waals surface area contributed by atoms with Crippen LogP contribution >= 0.6 is 24.8 Å². The molecule has 1 heterocycles. The van der Waals surface area contributed by atoms with Crippen LogP contribution in [0.5, 0.6) is 0 Å². The van der Waals surface area contributed by atoms with Crippen LogP contribution in [-0.2, 0) is 9.53 Å². The molecule has 21 heavy (non-hydrogen) atoms. The van der Waals surface area contributed by atoms with Crippen molar-refractivity contribution in [3.8, 4) is 0 Å². The Kier molecular flexibility index (Phi) is 16.4. The van der Waals surface area contributed by atoms with Gasteiger partial charge in [0, 0.05) is 33.2 Å². The predicted octanol–water partition coefficient (Wildman–Crippen LogP) is 1.30. The third kappa shape index (κ3) is 12.2. The summed E-state index contributed by atoms with van der Waals surface area (Å²) in [6.45, 7) is 5.46. The van der Waals surface area contributed by atoms with E-state index in [4.69, 9.17) is 4.74 Å². The Morgan fingerprint density at radius 3 is 2.57 bits per heavy atom. The summed E-state index contributed by atoms with van der Waals surface area (Å²) >= 11 is 0. The average molecular weight is 344 g/mol. The molecule has 1 saturated heterocycles. The van der Waals surface area contributed by atoms with E-state index in [0.29, 0.717) is 6.42 Å². The maximum Gasteiger partial charge on any atom is 0.220 e. The fourth-order valence-corrected chi connectivity index (χ4v) is 2.34. The number of rotatable bonds is 9. The molecule has 0 bridgehead atoms. The number of hydrogen-bond donors (Lipinski definition) is 2. The Morgan fingerprint density at radius 2 is 1.95 bits per heavy atom. The molecule has 2 N–H and O–H groups in total. The topological polar surface area (TPSA) is 53.6 Å². The summed E-state index contributed by atoms with van der Waals surface area (Å²) in [5.74, 6) is 0.926. The first-order valence-electron chi connectivity index (χ1n) is 7.37. The second-order valence-corrected chi connectivity index (χ2v) is 5.38. The summed E-state index contributed by atoms with van der Waals surface area (Å²) in [6, 6.07) is 0. The van der Waals surface area contributed by atoms with Gasteiger partial charge in [-0.25, -0.2) is 0 Å². The standard InChI is InChI=1S/C14H29N3O2.2ClH/c1-17(11-12-19-2)10-9-16-14(18)4-3-13-5-7-15-8-6-13;;/h13,15H,3-12H2,1-2H3,(H,16,18);2*1H. The first kappa shape index (κ1) is 23.2. The van der Waals surface area contributed by atoms with Gasteiger partial charge in [-0.2, -0.15) is 0 Å². The van der Waals surface area contributed by atoms with E-state index in [2.05, 4.69) is 15.5 Å². The van der Waals surface area contributed by atoms with Crippen molar-refractivity contribution in [1.82, 2.24) is 15.5 Å². The highest BCUT2D eigenvalue weighted by Crippen LogP contribution is 2.17. The molecule has 1 rings (SSSR count). The smallest absolute Gasteiger partial charge is 0.220 e. The van der Waals surface area contributed by atoms with Crippen LogP contribution in [0.3, 0.4) is 0 Å². The molecule has 0 aromatic carbocycles. The molecule has 0 unspecified atom stereocenters. The number of likely N-dealkylation sites (N-methyl/N-ethyl adjacent to an activating group) is 1. The van der Waals surface area contributed by atoms with Gasteiger partial charge in [0.1, 0.15) is 0 Å². The van der Waals surface area contributed by atoms with E-state index >= 15 is 0 Å². The summed E-state index contributed by atoms with van der Waals surface area (Å²) < 4.78 is 5.01. The molecule has 7 heteroatoms. The molecule has 1 aliphatic rings. The van der Waals surface area contributed by atoms with E-state index in [-0.39, 0.29) is 30.7 Å². The molecule has 0 aromatic heterocycles. The summed E-state index contributed by atoms with van der Waals surface area (Å²) in [5.41, 5.74) is 0. The number of nitrogens with zero attached hydrogens (tertiary/aromatic N) is 1. The molecule has 1 amide bonds. The molecule has 0 radical (unpaired) electrons. The van der Waals surface area contributed by atoms with E-state index in [1.807, 2.05) is 7.05 Å². The lowest BCUT2D eigenvalue weighted by Gasteiger charge is -2.22. The molecule has 1 fully saturated rings. The Morgan fingerprint density at radius 1 is 1.29 bits per heavy atom. The molecule has 0 aromatic rings. The van der Waals surface area contributed by atoms with E-state index in [1.165, 1.54) is 12.8 Å². The van der Waals surface area contributed by atoms with Crippen LogP contribution < -0.4 is 10.6 Å². The van der Waals surface area contributed by atoms with Crippen LogP contribution in [-0.4, -0.2) is 64.3 Å². The van der Waals surface area contributed by atoms with Crippen LogP contribution in [0.15, 0.2) is 0 Å². The SMILES string of the molecule is COCCN(C)CCNC(=O)CCC1CCNCC1.Cl.Cl. The highest BCUT2D eigenvalue weighted by molar-refractivity contribution is 5.85. The van der Waals surface area contributed by atoms with E-state index in [0.717, 1.165) is 51.7 Å². The quantitative estimate of drug-likeness (QED) is 0.662. The Balaban J connectivity index is 0. The summed E-state index contributed by atoms with van der Waals surface area (Å²) in [5, 5.41) is 6.34. The Bertz CT molecular complexity index is 252. The maximum atomic E-state index is 11.7. The summed E-state index contributed by atoms with van der Waals surface area (Å²) in [4.78, 5) is 13.9. The Hall–Kier alpha value is -0.0700. The van der Waals surface area contributed by atoms with Crippen molar-refractivity contribution < 1.29 is 9.53 Å². The van der Waals surface area contributed by atoms with Gasteiger partial charge in [-0.3, -0.25) is 4.79 Å². The first-order valence-corrected chi connectivity index (χ1v) is 7.37. The fourth-order valence-electron chi connectivity index (χ4n) is 2.34. The number of methoxy groups -OCH3 is 1. The molecule has 5 nitrogen and oxygen atoms in total. The van der Waals surface area contributed by atoms with Crippen molar-refractivity contribution >= 4 is 30.7 Å². The van der Waals surface area contributed by atoms with Gasteiger partial charge < -0.3 is 20.3 Å². The third-order valence-corrected chi connectivity index (χ3v) is 3.73. The molecule has 0 saturated carbocycles. The van der Waals surface area contributed by atoms with Crippen LogP contribution in [0, 0.1) is 5.92 Å². The summed E-state index contributed by atoms with van der Waals surface area (Å²) in [6.07, 6.45) is 4.14. The normalized spacial score (nSPS) is 15.2. The molecular weight excluding hydrogens is 313 g/mol. The number of hydrogen-bond acceptors (Lipinski definition) is 4.